The van der Waals surface area contributed by atoms with Gasteiger partial charge in [-0.1, -0.05) is 17.7 Å². The van der Waals surface area contributed by atoms with Crippen LogP contribution in [-0.2, 0) is 10.0 Å². The highest BCUT2D eigenvalue weighted by molar-refractivity contribution is 14.1. The third-order valence-corrected chi connectivity index (χ3v) is 5.75. The topological polar surface area (TPSA) is 64.8 Å². The Morgan fingerprint density at radius 2 is 1.75 bits per heavy atom. The average Bonchev–Trinajstić information content (AvgIpc) is 2.75. The van der Waals surface area contributed by atoms with Crippen LogP contribution in [0, 0.1) is 10.6 Å². The first-order chi connectivity index (χ1) is 9.50. The number of rotatable bonds is 2. The molecule has 1 aromatic carbocycles. The van der Waals surface area contributed by atoms with Gasteiger partial charge in [-0.05, 0) is 47.7 Å². The molecule has 0 aliphatic carbocycles. The van der Waals surface area contributed by atoms with Gasteiger partial charge in [0.2, 0.25) is 0 Å². The van der Waals surface area contributed by atoms with Crippen LogP contribution in [0.25, 0.3) is 11.2 Å². The molecule has 3 rings (SSSR count). The summed E-state index contributed by atoms with van der Waals surface area (Å²) in [7, 11) is -3.66. The standard InChI is InChI=1S/C13H10IN3O2S/c1-9-2-4-10(5-3-9)20(18,19)17-12(14)8-11-13(17)16-7-6-15-11/h2-8H,1H3. The van der Waals surface area contributed by atoms with Crippen LogP contribution >= 0.6 is 22.6 Å². The van der Waals surface area contributed by atoms with Crippen LogP contribution in [0.1, 0.15) is 5.56 Å². The maximum Gasteiger partial charge on any atom is 0.270 e. The second-order valence-electron chi connectivity index (χ2n) is 4.31. The van der Waals surface area contributed by atoms with E-state index in [1.807, 2.05) is 29.5 Å². The van der Waals surface area contributed by atoms with Gasteiger partial charge in [0, 0.05) is 12.4 Å². The largest absolute Gasteiger partial charge is 0.270 e. The zero-order valence-corrected chi connectivity index (χ0v) is 13.5. The number of halogens is 1. The molecule has 2 aromatic heterocycles. The Hall–Kier alpha value is -1.48. The van der Waals surface area contributed by atoms with Crippen LogP contribution in [0.4, 0.5) is 0 Å². The van der Waals surface area contributed by atoms with Gasteiger partial charge < -0.3 is 0 Å². The van der Waals surface area contributed by atoms with E-state index in [9.17, 15) is 8.42 Å². The zero-order chi connectivity index (χ0) is 14.3. The third kappa shape index (κ3) is 2.10. The van der Waals surface area contributed by atoms with Crippen molar-refractivity contribution in [1.29, 1.82) is 0 Å². The first kappa shape index (κ1) is 13.5. The van der Waals surface area contributed by atoms with E-state index in [0.717, 1.165) is 5.56 Å². The molecule has 0 saturated carbocycles. The maximum absolute atomic E-state index is 12.7. The Morgan fingerprint density at radius 1 is 1.10 bits per heavy atom. The average molecular weight is 399 g/mol. The van der Waals surface area contributed by atoms with Crippen LogP contribution < -0.4 is 0 Å². The summed E-state index contributed by atoms with van der Waals surface area (Å²) in [5.74, 6) is 0. The number of hydrogen-bond donors (Lipinski definition) is 0. The van der Waals surface area contributed by atoms with Gasteiger partial charge in [0.05, 0.1) is 8.60 Å². The van der Waals surface area contributed by atoms with E-state index in [1.54, 1.807) is 36.5 Å². The molecule has 5 nitrogen and oxygen atoms in total. The Bertz CT molecular complexity index is 886. The van der Waals surface area contributed by atoms with E-state index in [0.29, 0.717) is 14.9 Å². The van der Waals surface area contributed by atoms with Crippen molar-refractivity contribution in [3.8, 4) is 0 Å². The molecule has 0 N–H and O–H groups in total. The van der Waals surface area contributed by atoms with Gasteiger partial charge in [-0.2, -0.15) is 0 Å². The highest BCUT2D eigenvalue weighted by Gasteiger charge is 2.23. The molecular formula is C13H10IN3O2S. The van der Waals surface area contributed by atoms with Crippen molar-refractivity contribution in [2.75, 3.05) is 0 Å². The van der Waals surface area contributed by atoms with Crippen LogP contribution in [0.15, 0.2) is 47.6 Å². The van der Waals surface area contributed by atoms with E-state index in [1.165, 1.54) is 10.2 Å². The van der Waals surface area contributed by atoms with Gasteiger partial charge in [-0.15, -0.1) is 0 Å². The summed E-state index contributed by atoms with van der Waals surface area (Å²) < 4.78 is 27.2. The van der Waals surface area contributed by atoms with Crippen LogP contribution in [0.5, 0.6) is 0 Å². The summed E-state index contributed by atoms with van der Waals surface area (Å²) in [5, 5.41) is 0. The van der Waals surface area contributed by atoms with E-state index in [-0.39, 0.29) is 4.90 Å². The monoisotopic (exact) mass is 399 g/mol. The van der Waals surface area contributed by atoms with E-state index in [2.05, 4.69) is 9.97 Å². The molecular weight excluding hydrogens is 389 g/mol. The molecule has 3 aromatic rings. The summed E-state index contributed by atoms with van der Waals surface area (Å²) in [6.07, 6.45) is 3.03. The summed E-state index contributed by atoms with van der Waals surface area (Å²) in [6, 6.07) is 8.45. The van der Waals surface area contributed by atoms with Crippen molar-refractivity contribution < 1.29 is 8.42 Å². The fourth-order valence-corrected chi connectivity index (χ4v) is 4.56. The lowest BCUT2D eigenvalue weighted by atomic mass is 10.2. The molecule has 7 heteroatoms. The lowest BCUT2D eigenvalue weighted by Gasteiger charge is -2.08. The van der Waals surface area contributed by atoms with Crippen molar-refractivity contribution >= 4 is 43.8 Å². The molecule has 102 valence electrons. The fraction of sp³-hybridized carbons (Fsp3) is 0.0769. The van der Waals surface area contributed by atoms with Crippen molar-refractivity contribution in [2.24, 2.45) is 0 Å². The molecule has 20 heavy (non-hydrogen) atoms. The minimum atomic E-state index is -3.66. The van der Waals surface area contributed by atoms with Gasteiger partial charge in [-0.25, -0.2) is 17.4 Å². The first-order valence-corrected chi connectivity index (χ1v) is 8.32. The predicted octanol–water partition coefficient (Wildman–Crippen LogP) is 2.58. The second kappa shape index (κ2) is 4.81. The summed E-state index contributed by atoms with van der Waals surface area (Å²) in [5.41, 5.74) is 1.92. The molecule has 0 radical (unpaired) electrons. The second-order valence-corrected chi connectivity index (χ2v) is 7.21. The van der Waals surface area contributed by atoms with Crippen molar-refractivity contribution in [2.45, 2.75) is 11.8 Å². The molecule has 0 fully saturated rings. The van der Waals surface area contributed by atoms with Gasteiger partial charge in [0.15, 0.2) is 5.65 Å². The van der Waals surface area contributed by atoms with E-state index in [4.69, 9.17) is 0 Å². The molecule has 0 saturated heterocycles. The summed E-state index contributed by atoms with van der Waals surface area (Å²) >= 11 is 1.98. The predicted molar refractivity (Wildman–Crippen MR) is 84.0 cm³/mol. The van der Waals surface area contributed by atoms with Crippen molar-refractivity contribution in [3.63, 3.8) is 0 Å². The van der Waals surface area contributed by atoms with Gasteiger partial charge >= 0.3 is 0 Å². The molecule has 0 atom stereocenters. The van der Waals surface area contributed by atoms with Crippen molar-refractivity contribution in [1.82, 2.24) is 13.9 Å². The van der Waals surface area contributed by atoms with Crippen LogP contribution in [0.3, 0.4) is 0 Å². The van der Waals surface area contributed by atoms with Gasteiger partial charge in [0.1, 0.15) is 5.52 Å². The molecule has 2 heterocycles. The molecule has 0 unspecified atom stereocenters. The number of benzene rings is 1. The SMILES string of the molecule is Cc1ccc(S(=O)(=O)n2c(I)cc3nccnc32)cc1. The maximum atomic E-state index is 12.7. The lowest BCUT2D eigenvalue weighted by Crippen LogP contribution is -2.15. The van der Waals surface area contributed by atoms with Crippen LogP contribution in [0.2, 0.25) is 0 Å². The van der Waals surface area contributed by atoms with Gasteiger partial charge in [0.25, 0.3) is 10.0 Å². The van der Waals surface area contributed by atoms with Gasteiger partial charge in [-0.3, -0.25) is 4.98 Å². The smallest absolute Gasteiger partial charge is 0.251 e. The lowest BCUT2D eigenvalue weighted by molar-refractivity contribution is 0.587. The Morgan fingerprint density at radius 3 is 2.45 bits per heavy atom. The zero-order valence-electron chi connectivity index (χ0n) is 10.5. The molecule has 0 amide bonds. The Balaban J connectivity index is 2.29. The number of hydrogen-bond acceptors (Lipinski definition) is 4. The molecule has 0 bridgehead atoms. The summed E-state index contributed by atoms with van der Waals surface area (Å²) in [6.45, 7) is 1.91. The van der Waals surface area contributed by atoms with E-state index >= 15 is 0 Å². The highest BCUT2D eigenvalue weighted by atomic mass is 127. The van der Waals surface area contributed by atoms with Crippen LogP contribution in [-0.4, -0.2) is 22.4 Å². The fourth-order valence-electron chi connectivity index (χ4n) is 1.92. The number of aryl methyl sites for hydroxylation is 1. The quantitative estimate of drug-likeness (QED) is 0.622. The third-order valence-electron chi connectivity index (χ3n) is 2.91. The molecule has 0 spiro atoms. The molecule has 0 aliphatic rings. The first-order valence-electron chi connectivity index (χ1n) is 5.80. The highest BCUT2D eigenvalue weighted by Crippen LogP contribution is 2.24. The Kier molecular flexibility index (Phi) is 3.25. The minimum Gasteiger partial charge on any atom is -0.251 e. The Labute approximate surface area is 129 Å². The molecule has 0 aliphatic heterocycles. The number of fused-ring (bicyclic) bond motifs is 1. The number of aromatic nitrogens is 3. The minimum absolute atomic E-state index is 0.240. The summed E-state index contributed by atoms with van der Waals surface area (Å²) in [4.78, 5) is 8.50. The normalized spacial score (nSPS) is 11.9. The van der Waals surface area contributed by atoms with Crippen molar-refractivity contribution in [3.05, 3.63) is 52.0 Å². The number of nitrogens with zero attached hydrogens (tertiary/aromatic N) is 3. The van der Waals surface area contributed by atoms with E-state index < -0.39 is 10.0 Å².